The van der Waals surface area contributed by atoms with E-state index in [9.17, 15) is 9.59 Å². The van der Waals surface area contributed by atoms with Crippen LogP contribution >= 0.6 is 0 Å². The van der Waals surface area contributed by atoms with Crippen molar-refractivity contribution in [3.05, 3.63) is 25.3 Å². The van der Waals surface area contributed by atoms with Gasteiger partial charge in [0.05, 0.1) is 0 Å². The van der Waals surface area contributed by atoms with Gasteiger partial charge in [0.2, 0.25) is 11.8 Å². The van der Waals surface area contributed by atoms with E-state index in [1.54, 1.807) is 0 Å². The van der Waals surface area contributed by atoms with Crippen LogP contribution in [0.15, 0.2) is 25.3 Å². The molecule has 0 aromatic carbocycles. The van der Waals surface area contributed by atoms with Crippen molar-refractivity contribution >= 4 is 20.6 Å². The Hall–Kier alpha value is -1.48. The average molecular weight is 288 g/mol. The molecule has 0 heterocycles. The van der Waals surface area contributed by atoms with E-state index in [1.165, 1.54) is 28.3 Å². The summed E-state index contributed by atoms with van der Waals surface area (Å²) in [6.07, 6.45) is 2.14. The molecular formula is C11H20N2O5Si. The molecule has 108 valence electrons. The Labute approximate surface area is 114 Å². The summed E-state index contributed by atoms with van der Waals surface area (Å²) in [5.74, 6) is -1.01. The quantitative estimate of drug-likeness (QED) is 0.365. The molecule has 0 saturated heterocycles. The van der Waals surface area contributed by atoms with E-state index in [-0.39, 0.29) is 0 Å². The van der Waals surface area contributed by atoms with E-state index in [4.69, 9.17) is 13.3 Å². The summed E-state index contributed by atoms with van der Waals surface area (Å²) < 4.78 is 15.9. The zero-order valence-electron chi connectivity index (χ0n) is 11.6. The highest BCUT2D eigenvalue weighted by Gasteiger charge is 2.59. The normalized spacial score (nSPS) is 11.6. The second kappa shape index (κ2) is 7.19. The SMILES string of the molecule is C=CC(=O)NC(C)(NC(=O)C=C)[Si](OC)(OC)OC. The van der Waals surface area contributed by atoms with Crippen LogP contribution in [0.25, 0.3) is 0 Å². The first-order valence-corrected chi connectivity index (χ1v) is 7.11. The molecule has 0 aliphatic carbocycles. The zero-order chi connectivity index (χ0) is 15.1. The number of carbonyl (C=O) groups excluding carboxylic acids is 2. The first kappa shape index (κ1) is 17.5. The van der Waals surface area contributed by atoms with Gasteiger partial charge in [-0.05, 0) is 19.1 Å². The molecule has 0 aliphatic heterocycles. The van der Waals surface area contributed by atoms with Gasteiger partial charge in [0.15, 0.2) is 5.29 Å². The van der Waals surface area contributed by atoms with Crippen molar-refractivity contribution in [2.75, 3.05) is 21.3 Å². The largest absolute Gasteiger partial charge is 0.548 e. The van der Waals surface area contributed by atoms with Gasteiger partial charge in [0.1, 0.15) is 0 Å². The molecule has 0 bridgehead atoms. The van der Waals surface area contributed by atoms with Crippen molar-refractivity contribution in [1.29, 1.82) is 0 Å². The van der Waals surface area contributed by atoms with Crippen molar-refractivity contribution in [1.82, 2.24) is 10.6 Å². The zero-order valence-corrected chi connectivity index (χ0v) is 12.6. The highest BCUT2D eigenvalue weighted by atomic mass is 28.4. The van der Waals surface area contributed by atoms with Crippen LogP contribution in [0.3, 0.4) is 0 Å². The molecule has 8 heteroatoms. The second-order valence-electron chi connectivity index (χ2n) is 3.68. The van der Waals surface area contributed by atoms with Crippen LogP contribution in [-0.4, -0.2) is 47.2 Å². The van der Waals surface area contributed by atoms with Crippen LogP contribution in [0.4, 0.5) is 0 Å². The lowest BCUT2D eigenvalue weighted by Gasteiger charge is -2.41. The van der Waals surface area contributed by atoms with Gasteiger partial charge in [-0.1, -0.05) is 13.2 Å². The lowest BCUT2D eigenvalue weighted by molar-refractivity contribution is -0.121. The van der Waals surface area contributed by atoms with E-state index in [0.29, 0.717) is 0 Å². The minimum atomic E-state index is -3.39. The standard InChI is InChI=1S/C11H20N2O5Si/c1-7-9(14)12-11(3,13-10(15)8-2)19(16-4,17-5)18-6/h7-8H,1-2H2,3-6H3,(H,12,14)(H,13,15). The minimum absolute atomic E-state index is 0.505. The molecule has 19 heavy (non-hydrogen) atoms. The Kier molecular flexibility index (Phi) is 6.63. The van der Waals surface area contributed by atoms with Crippen LogP contribution in [0, 0.1) is 0 Å². The first-order chi connectivity index (χ1) is 8.84. The van der Waals surface area contributed by atoms with Gasteiger partial charge >= 0.3 is 8.80 Å². The topological polar surface area (TPSA) is 85.9 Å². The summed E-state index contributed by atoms with van der Waals surface area (Å²) >= 11 is 0. The molecule has 0 aromatic rings. The van der Waals surface area contributed by atoms with Gasteiger partial charge in [-0.15, -0.1) is 0 Å². The fourth-order valence-corrected chi connectivity index (χ4v) is 3.92. The summed E-state index contributed by atoms with van der Waals surface area (Å²) in [4.78, 5) is 23.1. The minimum Gasteiger partial charge on any atom is -0.374 e. The predicted octanol–water partition coefficient (Wildman–Crippen LogP) is -0.276. The molecule has 0 rings (SSSR count). The highest BCUT2D eigenvalue weighted by Crippen LogP contribution is 2.20. The molecule has 0 saturated carbocycles. The van der Waals surface area contributed by atoms with Gasteiger partial charge in [-0.2, -0.15) is 0 Å². The first-order valence-electron chi connectivity index (χ1n) is 5.39. The van der Waals surface area contributed by atoms with Crippen molar-refractivity contribution in [2.45, 2.75) is 12.2 Å². The van der Waals surface area contributed by atoms with Gasteiger partial charge in [-0.3, -0.25) is 9.59 Å². The average Bonchev–Trinajstić information content (AvgIpc) is 2.40. The summed E-state index contributed by atoms with van der Waals surface area (Å²) in [5.41, 5.74) is 0. The summed E-state index contributed by atoms with van der Waals surface area (Å²) in [5, 5.41) is 3.74. The van der Waals surface area contributed by atoms with Crippen LogP contribution in [0.2, 0.25) is 0 Å². The van der Waals surface area contributed by atoms with Crippen LogP contribution in [0.5, 0.6) is 0 Å². The third-order valence-electron chi connectivity index (χ3n) is 2.54. The fraction of sp³-hybridized carbons (Fsp3) is 0.455. The molecule has 7 nitrogen and oxygen atoms in total. The Morgan fingerprint density at radius 3 is 1.53 bits per heavy atom. The summed E-state index contributed by atoms with van der Waals surface area (Å²) in [6, 6.07) is 0. The Morgan fingerprint density at radius 1 is 1.00 bits per heavy atom. The number of amides is 2. The van der Waals surface area contributed by atoms with Crippen LogP contribution < -0.4 is 10.6 Å². The number of carbonyl (C=O) groups is 2. The van der Waals surface area contributed by atoms with E-state index >= 15 is 0 Å². The van der Waals surface area contributed by atoms with Gasteiger partial charge < -0.3 is 23.9 Å². The van der Waals surface area contributed by atoms with Crippen LogP contribution in [0.1, 0.15) is 6.92 Å². The third kappa shape index (κ3) is 3.74. The molecular weight excluding hydrogens is 268 g/mol. The Bertz CT molecular complexity index is 338. The lowest BCUT2D eigenvalue weighted by atomic mass is 10.4. The number of nitrogens with one attached hydrogen (secondary N) is 2. The molecule has 2 N–H and O–H groups in total. The van der Waals surface area contributed by atoms with Crippen molar-refractivity contribution in [2.24, 2.45) is 0 Å². The maximum atomic E-state index is 11.5. The van der Waals surface area contributed by atoms with Gasteiger partial charge in [0, 0.05) is 21.3 Å². The van der Waals surface area contributed by atoms with E-state index in [0.717, 1.165) is 12.2 Å². The Balaban J connectivity index is 5.56. The number of hydrogen-bond donors (Lipinski definition) is 2. The molecule has 0 spiro atoms. The molecule has 2 amide bonds. The molecule has 0 fully saturated rings. The second-order valence-corrected chi connectivity index (χ2v) is 7.02. The van der Waals surface area contributed by atoms with E-state index in [2.05, 4.69) is 23.8 Å². The van der Waals surface area contributed by atoms with Gasteiger partial charge in [0.25, 0.3) is 0 Å². The monoisotopic (exact) mass is 288 g/mol. The molecule has 0 atom stereocenters. The number of rotatable bonds is 8. The lowest BCUT2D eigenvalue weighted by Crippen LogP contribution is -2.77. The van der Waals surface area contributed by atoms with Crippen LogP contribution in [-0.2, 0) is 22.9 Å². The molecule has 0 radical (unpaired) electrons. The van der Waals surface area contributed by atoms with E-state index in [1.807, 2.05) is 0 Å². The van der Waals surface area contributed by atoms with Gasteiger partial charge in [-0.25, -0.2) is 0 Å². The van der Waals surface area contributed by atoms with Crippen molar-refractivity contribution in [3.8, 4) is 0 Å². The highest BCUT2D eigenvalue weighted by molar-refractivity contribution is 6.64. The molecule has 0 aliphatic rings. The maximum Gasteiger partial charge on any atom is 0.548 e. The van der Waals surface area contributed by atoms with Crippen molar-refractivity contribution < 1.29 is 22.9 Å². The molecule has 0 unspecified atom stereocenters. The number of hydrogen-bond acceptors (Lipinski definition) is 5. The maximum absolute atomic E-state index is 11.5. The smallest absolute Gasteiger partial charge is 0.374 e. The van der Waals surface area contributed by atoms with Crippen molar-refractivity contribution in [3.63, 3.8) is 0 Å². The third-order valence-corrected chi connectivity index (χ3v) is 5.62. The van der Waals surface area contributed by atoms with E-state index < -0.39 is 25.9 Å². The summed E-state index contributed by atoms with van der Waals surface area (Å²) in [7, 11) is 0.729. The predicted molar refractivity (Wildman–Crippen MR) is 71.9 cm³/mol. The summed E-state index contributed by atoms with van der Waals surface area (Å²) in [6.45, 7) is 8.23. The molecule has 0 aromatic heterocycles. The fourth-order valence-electron chi connectivity index (χ4n) is 1.64. The Morgan fingerprint density at radius 2 is 1.32 bits per heavy atom.